The summed E-state index contributed by atoms with van der Waals surface area (Å²) in [6.07, 6.45) is 3.60. The maximum Gasteiger partial charge on any atom is 0.0370 e. The average molecular weight is 318 g/mol. The highest BCUT2D eigenvalue weighted by atomic mass is 79.9. The molecule has 0 atom stereocenters. The summed E-state index contributed by atoms with van der Waals surface area (Å²) in [5.74, 6) is 0. The SMILES string of the molecule is Cc1cc(Br)ccc1NCCCCc1ccccc1. The van der Waals surface area contributed by atoms with E-state index in [9.17, 15) is 0 Å². The van der Waals surface area contributed by atoms with Gasteiger partial charge in [0.05, 0.1) is 0 Å². The molecule has 19 heavy (non-hydrogen) atoms. The van der Waals surface area contributed by atoms with Crippen LogP contribution in [-0.4, -0.2) is 6.54 Å². The Balaban J connectivity index is 1.69. The second-order valence-electron chi connectivity index (χ2n) is 4.83. The summed E-state index contributed by atoms with van der Waals surface area (Å²) >= 11 is 3.49. The highest BCUT2D eigenvalue weighted by molar-refractivity contribution is 9.10. The predicted octanol–water partition coefficient (Wildman–Crippen LogP) is 5.19. The van der Waals surface area contributed by atoms with Gasteiger partial charge in [-0.2, -0.15) is 0 Å². The first-order valence-corrected chi connectivity index (χ1v) is 7.59. The van der Waals surface area contributed by atoms with Gasteiger partial charge in [0.2, 0.25) is 0 Å². The van der Waals surface area contributed by atoms with Crippen molar-refractivity contribution in [2.45, 2.75) is 26.2 Å². The summed E-state index contributed by atoms with van der Waals surface area (Å²) in [5, 5.41) is 3.51. The van der Waals surface area contributed by atoms with Crippen molar-refractivity contribution in [1.82, 2.24) is 0 Å². The fourth-order valence-corrected chi connectivity index (χ4v) is 2.62. The number of halogens is 1. The van der Waals surface area contributed by atoms with Crippen molar-refractivity contribution in [2.75, 3.05) is 11.9 Å². The van der Waals surface area contributed by atoms with E-state index in [2.05, 4.69) is 76.7 Å². The van der Waals surface area contributed by atoms with Crippen molar-refractivity contribution in [3.05, 3.63) is 64.1 Å². The average Bonchev–Trinajstić information content (AvgIpc) is 2.42. The lowest BCUT2D eigenvalue weighted by molar-refractivity contribution is 0.763. The number of benzene rings is 2. The lowest BCUT2D eigenvalue weighted by Crippen LogP contribution is -2.03. The minimum absolute atomic E-state index is 1.04. The van der Waals surface area contributed by atoms with Crippen molar-refractivity contribution >= 4 is 21.6 Å². The van der Waals surface area contributed by atoms with Gasteiger partial charge in [0.15, 0.2) is 0 Å². The Morgan fingerprint density at radius 2 is 1.79 bits per heavy atom. The molecule has 0 spiro atoms. The molecule has 1 nitrogen and oxygen atoms in total. The topological polar surface area (TPSA) is 12.0 Å². The molecule has 0 aliphatic rings. The van der Waals surface area contributed by atoms with Gasteiger partial charge >= 0.3 is 0 Å². The Hall–Kier alpha value is -1.28. The summed E-state index contributed by atoms with van der Waals surface area (Å²) in [4.78, 5) is 0. The molecule has 0 aromatic heterocycles. The predicted molar refractivity (Wildman–Crippen MR) is 86.7 cm³/mol. The molecule has 0 heterocycles. The van der Waals surface area contributed by atoms with Gasteiger partial charge in [-0.3, -0.25) is 0 Å². The van der Waals surface area contributed by atoms with Crippen LogP contribution in [0.15, 0.2) is 53.0 Å². The molecule has 0 amide bonds. The largest absolute Gasteiger partial charge is 0.385 e. The van der Waals surface area contributed by atoms with Crippen LogP contribution in [0, 0.1) is 6.92 Å². The smallest absolute Gasteiger partial charge is 0.0370 e. The first-order chi connectivity index (χ1) is 9.25. The van der Waals surface area contributed by atoms with Crippen LogP contribution >= 0.6 is 15.9 Å². The van der Waals surface area contributed by atoms with E-state index in [4.69, 9.17) is 0 Å². The quantitative estimate of drug-likeness (QED) is 0.723. The molecule has 2 heteroatoms. The Labute approximate surface area is 124 Å². The summed E-state index contributed by atoms with van der Waals surface area (Å²) < 4.78 is 1.14. The molecule has 2 aromatic rings. The maximum absolute atomic E-state index is 3.51. The maximum atomic E-state index is 3.51. The van der Waals surface area contributed by atoms with Crippen LogP contribution in [-0.2, 0) is 6.42 Å². The third kappa shape index (κ3) is 4.71. The van der Waals surface area contributed by atoms with E-state index >= 15 is 0 Å². The summed E-state index contributed by atoms with van der Waals surface area (Å²) in [6, 6.07) is 17.1. The molecule has 0 aliphatic carbocycles. The summed E-state index contributed by atoms with van der Waals surface area (Å²) in [7, 11) is 0. The van der Waals surface area contributed by atoms with Gasteiger partial charge in [0.1, 0.15) is 0 Å². The van der Waals surface area contributed by atoms with Crippen molar-refractivity contribution in [1.29, 1.82) is 0 Å². The highest BCUT2D eigenvalue weighted by Gasteiger charge is 1.98. The van der Waals surface area contributed by atoms with Crippen molar-refractivity contribution in [2.24, 2.45) is 0 Å². The summed E-state index contributed by atoms with van der Waals surface area (Å²) in [6.45, 7) is 3.17. The van der Waals surface area contributed by atoms with E-state index < -0.39 is 0 Å². The molecule has 0 unspecified atom stereocenters. The molecular formula is C17H20BrN. The fraction of sp³-hybridized carbons (Fsp3) is 0.294. The molecule has 0 radical (unpaired) electrons. The lowest BCUT2D eigenvalue weighted by Gasteiger charge is -2.09. The number of nitrogens with one attached hydrogen (secondary N) is 1. The van der Waals surface area contributed by atoms with E-state index in [0.29, 0.717) is 0 Å². The van der Waals surface area contributed by atoms with Gasteiger partial charge in [-0.05, 0) is 55.5 Å². The van der Waals surface area contributed by atoms with Gasteiger partial charge in [0.25, 0.3) is 0 Å². The Morgan fingerprint density at radius 1 is 1.00 bits per heavy atom. The van der Waals surface area contributed by atoms with Crippen LogP contribution in [0.1, 0.15) is 24.0 Å². The number of rotatable bonds is 6. The molecular weight excluding hydrogens is 298 g/mol. The second kappa shape index (κ2) is 7.34. The lowest BCUT2D eigenvalue weighted by atomic mass is 10.1. The van der Waals surface area contributed by atoms with Crippen molar-refractivity contribution < 1.29 is 0 Å². The second-order valence-corrected chi connectivity index (χ2v) is 5.74. The number of unbranched alkanes of at least 4 members (excludes halogenated alkanes) is 1. The van der Waals surface area contributed by atoms with Crippen molar-refractivity contribution in [3.8, 4) is 0 Å². The minimum atomic E-state index is 1.04. The molecule has 2 aromatic carbocycles. The van der Waals surface area contributed by atoms with E-state index in [0.717, 1.165) is 11.0 Å². The van der Waals surface area contributed by atoms with Crippen molar-refractivity contribution in [3.63, 3.8) is 0 Å². The third-order valence-corrected chi connectivity index (χ3v) is 3.73. The molecule has 0 saturated heterocycles. The van der Waals surface area contributed by atoms with E-state index in [1.807, 2.05) is 0 Å². The van der Waals surface area contributed by atoms with Gasteiger partial charge in [0, 0.05) is 16.7 Å². The molecule has 0 aliphatic heterocycles. The Morgan fingerprint density at radius 3 is 2.53 bits per heavy atom. The first kappa shape index (κ1) is 14.1. The zero-order chi connectivity index (χ0) is 13.5. The molecule has 1 N–H and O–H groups in total. The zero-order valence-corrected chi connectivity index (χ0v) is 12.9. The zero-order valence-electron chi connectivity index (χ0n) is 11.3. The highest BCUT2D eigenvalue weighted by Crippen LogP contribution is 2.20. The van der Waals surface area contributed by atoms with Crippen LogP contribution in [0.25, 0.3) is 0 Å². The molecule has 0 saturated carbocycles. The van der Waals surface area contributed by atoms with Crippen LogP contribution in [0.5, 0.6) is 0 Å². The minimum Gasteiger partial charge on any atom is -0.385 e. The number of anilines is 1. The Bertz CT molecular complexity index is 508. The molecule has 0 bridgehead atoms. The van der Waals surface area contributed by atoms with Gasteiger partial charge in [-0.15, -0.1) is 0 Å². The third-order valence-electron chi connectivity index (χ3n) is 3.24. The van der Waals surface area contributed by atoms with E-state index in [1.165, 1.54) is 36.1 Å². The number of aryl methyl sites for hydroxylation is 2. The van der Waals surface area contributed by atoms with Gasteiger partial charge < -0.3 is 5.32 Å². The number of hydrogen-bond acceptors (Lipinski definition) is 1. The van der Waals surface area contributed by atoms with E-state index in [1.54, 1.807) is 0 Å². The number of hydrogen-bond donors (Lipinski definition) is 1. The van der Waals surface area contributed by atoms with Gasteiger partial charge in [-0.25, -0.2) is 0 Å². The Kier molecular flexibility index (Phi) is 5.46. The normalized spacial score (nSPS) is 10.4. The van der Waals surface area contributed by atoms with Crippen LogP contribution in [0.3, 0.4) is 0 Å². The standard InChI is InChI=1S/C17H20BrN/c1-14-13-16(18)10-11-17(14)19-12-6-5-9-15-7-3-2-4-8-15/h2-4,7-8,10-11,13,19H,5-6,9,12H2,1H3. The van der Waals surface area contributed by atoms with Gasteiger partial charge in [-0.1, -0.05) is 46.3 Å². The van der Waals surface area contributed by atoms with Crippen LogP contribution < -0.4 is 5.32 Å². The summed E-state index contributed by atoms with van der Waals surface area (Å²) in [5.41, 5.74) is 3.96. The monoisotopic (exact) mass is 317 g/mol. The van der Waals surface area contributed by atoms with E-state index in [-0.39, 0.29) is 0 Å². The molecule has 2 rings (SSSR count). The molecule has 100 valence electrons. The first-order valence-electron chi connectivity index (χ1n) is 6.79. The fourth-order valence-electron chi connectivity index (χ4n) is 2.15. The van der Waals surface area contributed by atoms with Crippen LogP contribution in [0.2, 0.25) is 0 Å². The molecule has 0 fully saturated rings. The van der Waals surface area contributed by atoms with Crippen LogP contribution in [0.4, 0.5) is 5.69 Å².